The predicted octanol–water partition coefficient (Wildman–Crippen LogP) is 5.95. The molecule has 0 aliphatic carbocycles. The molecule has 3 aromatic carbocycles. The van der Waals surface area contributed by atoms with Gasteiger partial charge in [0.15, 0.2) is 10.7 Å². The van der Waals surface area contributed by atoms with Gasteiger partial charge < -0.3 is 9.73 Å². The van der Waals surface area contributed by atoms with Crippen molar-refractivity contribution in [1.29, 1.82) is 0 Å². The monoisotopic (exact) mass is 519 g/mol. The highest BCUT2D eigenvalue weighted by Crippen LogP contribution is 2.28. The van der Waals surface area contributed by atoms with E-state index >= 15 is 0 Å². The molecule has 2 N–H and O–H groups in total. The second kappa shape index (κ2) is 10.5. The summed E-state index contributed by atoms with van der Waals surface area (Å²) in [7, 11) is 0. The third-order valence-corrected chi connectivity index (χ3v) is 6.00. The van der Waals surface area contributed by atoms with Crippen LogP contribution in [-0.4, -0.2) is 25.9 Å². The number of nitro benzene ring substituents is 2. The molecule has 0 bridgehead atoms. The third-order valence-electron chi connectivity index (χ3n) is 5.80. The van der Waals surface area contributed by atoms with Crippen molar-refractivity contribution in [3.8, 4) is 11.5 Å². The Morgan fingerprint density at radius 2 is 1.68 bits per heavy atom. The fraction of sp³-hybridized carbons (Fsp3) is 0.160. The summed E-state index contributed by atoms with van der Waals surface area (Å²) in [4.78, 5) is 37.6. The number of non-ortho nitro benzene ring substituents is 2. The molecule has 11 nitrogen and oxygen atoms in total. The summed E-state index contributed by atoms with van der Waals surface area (Å²) >= 11 is 5.15. The highest BCUT2D eigenvalue weighted by atomic mass is 32.1. The molecule has 0 aliphatic heterocycles. The number of hydrogen-bond acceptors (Lipinski definition) is 8. The maximum atomic E-state index is 12.5. The quantitative estimate of drug-likeness (QED) is 0.171. The normalized spacial score (nSPS) is 11.6. The molecule has 1 heterocycles. The van der Waals surface area contributed by atoms with Crippen LogP contribution in [0.2, 0.25) is 0 Å². The van der Waals surface area contributed by atoms with Gasteiger partial charge in [-0.15, -0.1) is 0 Å². The summed E-state index contributed by atoms with van der Waals surface area (Å²) in [5, 5.41) is 27.2. The highest BCUT2D eigenvalue weighted by Gasteiger charge is 2.20. The van der Waals surface area contributed by atoms with Crippen molar-refractivity contribution in [1.82, 2.24) is 10.3 Å². The van der Waals surface area contributed by atoms with E-state index in [0.717, 1.165) is 35.7 Å². The maximum Gasteiger partial charge on any atom is 0.277 e. The number of benzene rings is 3. The van der Waals surface area contributed by atoms with E-state index < -0.39 is 27.1 Å². The maximum absolute atomic E-state index is 12.5. The van der Waals surface area contributed by atoms with E-state index in [9.17, 15) is 25.0 Å². The van der Waals surface area contributed by atoms with Gasteiger partial charge in [-0.1, -0.05) is 19.9 Å². The summed E-state index contributed by atoms with van der Waals surface area (Å²) in [6.07, 6.45) is 1.03. The fourth-order valence-corrected chi connectivity index (χ4v) is 3.79. The fourth-order valence-electron chi connectivity index (χ4n) is 3.58. The first kappa shape index (κ1) is 25.4. The minimum absolute atomic E-state index is 0.0913. The van der Waals surface area contributed by atoms with E-state index in [4.69, 9.17) is 16.6 Å². The van der Waals surface area contributed by atoms with Crippen LogP contribution in [0.4, 0.5) is 17.1 Å². The van der Waals surface area contributed by atoms with Crippen LogP contribution in [0.1, 0.15) is 42.1 Å². The zero-order chi connectivity index (χ0) is 26.7. The molecule has 4 aromatic rings. The van der Waals surface area contributed by atoms with Gasteiger partial charge in [0.1, 0.15) is 5.52 Å². The van der Waals surface area contributed by atoms with Crippen LogP contribution in [-0.2, 0) is 0 Å². The Kier molecular flexibility index (Phi) is 7.20. The van der Waals surface area contributed by atoms with Gasteiger partial charge in [0.2, 0.25) is 5.89 Å². The molecule has 0 spiro atoms. The molecule has 4 rings (SSSR count). The average Bonchev–Trinajstić information content (AvgIpc) is 3.31. The Morgan fingerprint density at radius 3 is 2.27 bits per heavy atom. The summed E-state index contributed by atoms with van der Waals surface area (Å²) in [6.45, 7) is 4.30. The van der Waals surface area contributed by atoms with Crippen LogP contribution in [0.15, 0.2) is 65.1 Å². The highest BCUT2D eigenvalue weighted by molar-refractivity contribution is 7.80. The minimum Gasteiger partial charge on any atom is -0.436 e. The van der Waals surface area contributed by atoms with Gasteiger partial charge in [-0.3, -0.25) is 30.3 Å². The number of carbonyl (C=O) groups is 1. The zero-order valence-electron chi connectivity index (χ0n) is 19.8. The number of nitro groups is 2. The lowest BCUT2D eigenvalue weighted by Gasteiger charge is -2.10. The lowest BCUT2D eigenvalue weighted by atomic mass is 9.98. The number of aromatic nitrogens is 1. The van der Waals surface area contributed by atoms with E-state index in [1.54, 1.807) is 24.3 Å². The second-order valence-electron chi connectivity index (χ2n) is 8.29. The molecule has 1 amide bonds. The van der Waals surface area contributed by atoms with E-state index in [2.05, 4.69) is 29.5 Å². The van der Waals surface area contributed by atoms with Gasteiger partial charge in [-0.2, -0.15) is 0 Å². The van der Waals surface area contributed by atoms with Crippen molar-refractivity contribution < 1.29 is 19.1 Å². The molecule has 0 saturated heterocycles. The summed E-state index contributed by atoms with van der Waals surface area (Å²) in [6, 6.07) is 15.6. The molecule has 188 valence electrons. The molecule has 1 aromatic heterocycles. The van der Waals surface area contributed by atoms with E-state index in [1.165, 1.54) is 5.56 Å². The smallest absolute Gasteiger partial charge is 0.277 e. The zero-order valence-corrected chi connectivity index (χ0v) is 20.6. The van der Waals surface area contributed by atoms with Crippen LogP contribution in [0, 0.1) is 20.2 Å². The molecule has 0 aliphatic rings. The molecule has 37 heavy (non-hydrogen) atoms. The van der Waals surface area contributed by atoms with Crippen molar-refractivity contribution in [2.45, 2.75) is 26.2 Å². The Morgan fingerprint density at radius 1 is 1.03 bits per heavy atom. The Hall–Kier alpha value is -4.71. The first-order valence-electron chi connectivity index (χ1n) is 11.2. The summed E-state index contributed by atoms with van der Waals surface area (Å²) in [5.41, 5.74) is 2.53. The van der Waals surface area contributed by atoms with Crippen LogP contribution in [0.5, 0.6) is 0 Å². The van der Waals surface area contributed by atoms with Crippen LogP contribution >= 0.6 is 12.2 Å². The topological polar surface area (TPSA) is 153 Å². The third kappa shape index (κ3) is 5.76. The first-order chi connectivity index (χ1) is 17.6. The lowest BCUT2D eigenvalue weighted by Crippen LogP contribution is -2.34. The first-order valence-corrected chi connectivity index (χ1v) is 11.6. The van der Waals surface area contributed by atoms with Crippen molar-refractivity contribution in [2.75, 3.05) is 5.32 Å². The molecular weight excluding hydrogens is 498 g/mol. The number of carbonyl (C=O) groups excluding carboxylic acids is 1. The van der Waals surface area contributed by atoms with Gasteiger partial charge in [0.05, 0.1) is 21.5 Å². The number of hydrogen-bond donors (Lipinski definition) is 2. The molecular formula is C25H21N5O6S. The number of oxazole rings is 1. The van der Waals surface area contributed by atoms with Gasteiger partial charge in [-0.05, 0) is 66.5 Å². The number of nitrogens with one attached hydrogen (secondary N) is 2. The van der Waals surface area contributed by atoms with Gasteiger partial charge >= 0.3 is 0 Å². The molecule has 0 saturated carbocycles. The Bertz CT molecular complexity index is 1500. The number of thiocarbonyl (C=S) groups is 1. The average molecular weight is 520 g/mol. The Balaban J connectivity index is 1.45. The minimum atomic E-state index is -0.829. The van der Waals surface area contributed by atoms with Gasteiger partial charge in [0, 0.05) is 23.4 Å². The van der Waals surface area contributed by atoms with Gasteiger partial charge in [-0.25, -0.2) is 4.98 Å². The van der Waals surface area contributed by atoms with E-state index in [-0.39, 0.29) is 10.7 Å². The Labute approximate surface area is 215 Å². The molecule has 1 atom stereocenters. The van der Waals surface area contributed by atoms with Crippen molar-refractivity contribution in [3.63, 3.8) is 0 Å². The van der Waals surface area contributed by atoms with E-state index in [1.807, 2.05) is 18.2 Å². The van der Waals surface area contributed by atoms with E-state index in [0.29, 0.717) is 23.1 Å². The molecule has 12 heteroatoms. The molecule has 0 radical (unpaired) electrons. The number of rotatable bonds is 7. The van der Waals surface area contributed by atoms with Crippen molar-refractivity contribution >= 4 is 51.4 Å². The SMILES string of the molecule is CC[C@H](C)c1ccc2oc(-c3ccc(NC(=S)NC(=O)c4cc([N+](=O)[O-])cc([N+](=O)[O-])c4)cc3)nc2c1. The van der Waals surface area contributed by atoms with Gasteiger partial charge in [0.25, 0.3) is 17.3 Å². The summed E-state index contributed by atoms with van der Waals surface area (Å²) < 4.78 is 5.89. The number of nitrogens with zero attached hydrogens (tertiary/aromatic N) is 3. The summed E-state index contributed by atoms with van der Waals surface area (Å²) in [5.74, 6) is 0.0570. The molecule has 0 fully saturated rings. The second-order valence-corrected chi connectivity index (χ2v) is 8.70. The standard InChI is InChI=1S/C25H21N5O6S/c1-3-14(2)16-6-9-22-21(12-16)27-24(36-22)15-4-7-18(8-5-15)26-25(37)28-23(31)17-10-19(29(32)33)13-20(11-17)30(34)35/h4-14H,3H2,1-2H3,(H2,26,28,31,37)/t14-/m0/s1. The predicted molar refractivity (Wildman–Crippen MR) is 142 cm³/mol. The number of fused-ring (bicyclic) bond motifs is 1. The number of anilines is 1. The van der Waals surface area contributed by atoms with Crippen molar-refractivity contribution in [2.24, 2.45) is 0 Å². The van der Waals surface area contributed by atoms with Crippen LogP contribution in [0.3, 0.4) is 0 Å². The van der Waals surface area contributed by atoms with Crippen LogP contribution in [0.25, 0.3) is 22.6 Å². The largest absolute Gasteiger partial charge is 0.436 e. The lowest BCUT2D eigenvalue weighted by molar-refractivity contribution is -0.394. The van der Waals surface area contributed by atoms with Crippen LogP contribution < -0.4 is 10.6 Å². The number of amides is 1. The van der Waals surface area contributed by atoms with Crippen molar-refractivity contribution in [3.05, 3.63) is 92.0 Å². The molecule has 0 unspecified atom stereocenters.